The molecule has 1 N–H and O–H groups in total. The van der Waals surface area contributed by atoms with Gasteiger partial charge in [0.2, 0.25) is 0 Å². The van der Waals surface area contributed by atoms with E-state index in [-0.39, 0.29) is 12.5 Å². The lowest BCUT2D eigenvalue weighted by Crippen LogP contribution is -2.24. The fraction of sp³-hybridized carbons (Fsp3) is 0.138. The molecule has 0 heterocycles. The van der Waals surface area contributed by atoms with Gasteiger partial charge in [-0.25, -0.2) is 25.3 Å². The summed E-state index contributed by atoms with van der Waals surface area (Å²) in [6, 6.07) is 20.3. The summed E-state index contributed by atoms with van der Waals surface area (Å²) in [5.41, 5.74) is -15.3. The maximum atomic E-state index is 12.5. The minimum atomic E-state index is -5.46. The Kier molecular flexibility index (Phi) is 13.0. The second-order valence-corrected chi connectivity index (χ2v) is 17.7. The summed E-state index contributed by atoms with van der Waals surface area (Å²) in [5.74, 6) is -0.336. The van der Waals surface area contributed by atoms with Crippen LogP contribution in [0.3, 0.4) is 0 Å². The number of carbonyl (C=O) groups excluding carboxylic acids is 1. The van der Waals surface area contributed by atoms with Crippen LogP contribution in [-0.4, -0.2) is 47.7 Å². The van der Waals surface area contributed by atoms with E-state index in [2.05, 4.69) is 5.32 Å². The van der Waals surface area contributed by atoms with Gasteiger partial charge in [0.1, 0.15) is 0 Å². The Morgan fingerprint density at radius 1 is 0.490 bits per heavy atom. The minimum Gasteiger partial charge on any atom is -0.348 e. The molecule has 4 rings (SSSR count). The van der Waals surface area contributed by atoms with Crippen molar-refractivity contribution in [2.45, 2.75) is 47.5 Å². The number of hydrogen-bond donors (Lipinski definition) is 1. The molecule has 0 radical (unpaired) electrons. The van der Waals surface area contributed by atoms with E-state index >= 15 is 0 Å². The third-order valence-corrected chi connectivity index (χ3v) is 13.1. The van der Waals surface area contributed by atoms with Crippen molar-refractivity contribution in [3.63, 3.8) is 0 Å². The van der Waals surface area contributed by atoms with Crippen molar-refractivity contribution in [3.05, 3.63) is 114 Å². The molecule has 0 spiro atoms. The summed E-state index contributed by atoms with van der Waals surface area (Å²) in [6.45, 7) is 0.0695. The third-order valence-electron chi connectivity index (χ3n) is 6.14. The molecule has 0 bridgehead atoms. The number of nitrogens with one attached hydrogen (secondary N) is 1. The normalized spacial score (nSPS) is 12.8. The molecule has 0 aromatic heterocycles. The van der Waals surface area contributed by atoms with Gasteiger partial charge in [-0.1, -0.05) is 51.9 Å². The first-order chi connectivity index (χ1) is 23.4. The van der Waals surface area contributed by atoms with Gasteiger partial charge in [0.05, 0.1) is 14.7 Å². The van der Waals surface area contributed by atoms with Crippen LogP contribution in [-0.2, 0) is 36.1 Å². The molecule has 4 aromatic rings. The number of hydrogen-bond acceptors (Lipinski definition) is 9. The van der Waals surface area contributed by atoms with E-state index in [0.717, 1.165) is 82.3 Å². The van der Waals surface area contributed by atoms with E-state index in [1.165, 1.54) is 12.1 Å². The van der Waals surface area contributed by atoms with Crippen molar-refractivity contribution >= 4 is 57.0 Å². The van der Waals surface area contributed by atoms with Crippen LogP contribution < -0.4 is 5.32 Å². The summed E-state index contributed by atoms with van der Waals surface area (Å²) in [4.78, 5) is 9.90. The fourth-order valence-electron chi connectivity index (χ4n) is 3.51. The van der Waals surface area contributed by atoms with Crippen LogP contribution in [0.15, 0.2) is 128 Å². The molecule has 0 fully saturated rings. The highest BCUT2D eigenvalue weighted by molar-refractivity contribution is 8.76. The van der Waals surface area contributed by atoms with Crippen molar-refractivity contribution in [2.24, 2.45) is 0 Å². The zero-order valence-electron chi connectivity index (χ0n) is 24.8. The van der Waals surface area contributed by atoms with Crippen LogP contribution in [0.1, 0.15) is 15.9 Å². The highest BCUT2D eigenvalue weighted by Gasteiger charge is 2.48. The first-order valence-corrected chi connectivity index (χ1v) is 19.9. The summed E-state index contributed by atoms with van der Waals surface area (Å²) in [5, 5.41) is 2.59. The smallest absolute Gasteiger partial charge is 0.348 e. The van der Waals surface area contributed by atoms with Gasteiger partial charge in [-0.3, -0.25) is 4.79 Å². The molecule has 0 unspecified atom stereocenters. The number of sulfone groups is 3. The number of carbonyl (C=O) groups is 1. The number of halogens is 9. The number of alkyl halides is 9. The number of amides is 1. The van der Waals surface area contributed by atoms with Gasteiger partial charge < -0.3 is 5.32 Å². The van der Waals surface area contributed by atoms with Crippen LogP contribution in [0, 0.1) is 0 Å². The van der Waals surface area contributed by atoms with E-state index in [1.54, 1.807) is 30.3 Å². The Hall–Kier alpha value is -3.73. The fourth-order valence-corrected chi connectivity index (χ4v) is 7.72. The van der Waals surface area contributed by atoms with E-state index in [0.29, 0.717) is 20.9 Å². The molecular formula is C29H20F9NO7S5. The predicted octanol–water partition coefficient (Wildman–Crippen LogP) is 7.98. The zero-order valence-corrected chi connectivity index (χ0v) is 28.9. The molecule has 51 heavy (non-hydrogen) atoms. The molecule has 276 valence electrons. The topological polar surface area (TPSA) is 132 Å². The summed E-state index contributed by atoms with van der Waals surface area (Å²) >= 11 is 0. The molecule has 0 aliphatic carbocycles. The van der Waals surface area contributed by atoms with Gasteiger partial charge in [-0.2, -0.15) is 39.5 Å². The van der Waals surface area contributed by atoms with E-state index in [9.17, 15) is 69.6 Å². The Balaban J connectivity index is 0.000000281. The predicted molar refractivity (Wildman–Crippen MR) is 168 cm³/mol. The Bertz CT molecular complexity index is 2050. The minimum absolute atomic E-state index is 0.0695. The number of rotatable bonds is 9. The molecule has 22 heteroatoms. The maximum Gasteiger partial charge on any atom is 0.501 e. The Labute approximate surface area is 292 Å². The quantitative estimate of drug-likeness (QED) is 0.132. The SMILES string of the molecule is O=C(NCc1ccc(S(=O)(=O)C(F)(F)F)cc1)c1ccccc1.O=S(=O)(c1ccc(SSc2ccc(S(=O)(=O)C(F)(F)F)cc2)cc1)C(F)(F)F. The van der Waals surface area contributed by atoms with Gasteiger partial charge in [0.15, 0.2) is 0 Å². The van der Waals surface area contributed by atoms with Crippen molar-refractivity contribution < 1.29 is 69.6 Å². The number of benzene rings is 4. The summed E-state index contributed by atoms with van der Waals surface area (Å²) in [6.07, 6.45) is 0. The van der Waals surface area contributed by atoms with Crippen LogP contribution in [0.5, 0.6) is 0 Å². The average molecular weight is 826 g/mol. The van der Waals surface area contributed by atoms with Gasteiger partial charge >= 0.3 is 16.5 Å². The van der Waals surface area contributed by atoms with Crippen molar-refractivity contribution in [1.29, 1.82) is 0 Å². The first kappa shape index (κ1) is 41.7. The lowest BCUT2D eigenvalue weighted by Gasteiger charge is -2.09. The molecule has 0 aliphatic rings. The molecule has 1 amide bonds. The second kappa shape index (κ2) is 15.9. The summed E-state index contributed by atoms with van der Waals surface area (Å²) in [7, 11) is -14.3. The third kappa shape index (κ3) is 10.4. The van der Waals surface area contributed by atoms with Crippen LogP contribution in [0.4, 0.5) is 39.5 Å². The molecule has 0 saturated carbocycles. The van der Waals surface area contributed by atoms with Gasteiger partial charge in [-0.05, 0) is 78.4 Å². The van der Waals surface area contributed by atoms with Gasteiger partial charge in [0, 0.05) is 21.9 Å². The molecule has 8 nitrogen and oxygen atoms in total. The average Bonchev–Trinajstić information content (AvgIpc) is 3.06. The van der Waals surface area contributed by atoms with E-state index in [4.69, 9.17) is 0 Å². The maximum absolute atomic E-state index is 12.5. The summed E-state index contributed by atoms with van der Waals surface area (Å²) < 4.78 is 180. The monoisotopic (exact) mass is 825 g/mol. The first-order valence-electron chi connectivity index (χ1n) is 13.3. The molecule has 0 saturated heterocycles. The van der Waals surface area contributed by atoms with Crippen LogP contribution in [0.25, 0.3) is 0 Å². The highest BCUT2D eigenvalue weighted by Crippen LogP contribution is 2.40. The Morgan fingerprint density at radius 3 is 1.12 bits per heavy atom. The highest BCUT2D eigenvalue weighted by atomic mass is 33.1. The van der Waals surface area contributed by atoms with Gasteiger partial charge in [-0.15, -0.1) is 0 Å². The van der Waals surface area contributed by atoms with Crippen LogP contribution in [0.2, 0.25) is 0 Å². The molecule has 4 aromatic carbocycles. The Morgan fingerprint density at radius 2 is 0.804 bits per heavy atom. The van der Waals surface area contributed by atoms with Gasteiger partial charge in [0.25, 0.3) is 35.4 Å². The standard InChI is InChI=1S/C15H12F3NO3S.C14H8F6O4S4/c16-15(17,18)23(21,22)13-8-6-11(7-9-13)10-19-14(20)12-4-2-1-3-5-12;15-13(16,17)27(21,22)11-5-1-9(2-6-11)25-26-10-3-7-12(8-4-10)28(23,24)14(18,19)20/h1-9H,10H2,(H,19,20);1-8H. The largest absolute Gasteiger partial charge is 0.501 e. The lowest BCUT2D eigenvalue weighted by molar-refractivity contribution is -0.0442. The van der Waals surface area contributed by atoms with Crippen LogP contribution >= 0.6 is 21.6 Å². The van der Waals surface area contributed by atoms with E-state index in [1.807, 2.05) is 0 Å². The van der Waals surface area contributed by atoms with Crippen molar-refractivity contribution in [3.8, 4) is 0 Å². The second-order valence-electron chi connectivity index (χ2n) is 9.65. The lowest BCUT2D eigenvalue weighted by atomic mass is 10.2. The zero-order chi connectivity index (χ0) is 38.5. The molecular weight excluding hydrogens is 806 g/mol. The van der Waals surface area contributed by atoms with Crippen molar-refractivity contribution in [1.82, 2.24) is 5.32 Å². The molecule has 0 aliphatic heterocycles. The molecule has 0 atom stereocenters. The van der Waals surface area contributed by atoms with Crippen molar-refractivity contribution in [2.75, 3.05) is 0 Å². The van der Waals surface area contributed by atoms with E-state index < -0.39 is 60.7 Å².